The van der Waals surface area contributed by atoms with E-state index in [-0.39, 0.29) is 0 Å². The number of hydrogen-bond donors (Lipinski definition) is 1. The molecule has 0 spiro atoms. The van der Waals surface area contributed by atoms with Crippen LogP contribution in [0.5, 0.6) is 0 Å². The van der Waals surface area contributed by atoms with Gasteiger partial charge in [-0.2, -0.15) is 0 Å². The molecule has 0 aromatic carbocycles. The van der Waals surface area contributed by atoms with Crippen LogP contribution in [0.25, 0.3) is 0 Å². The van der Waals surface area contributed by atoms with Crippen LogP contribution in [0.4, 0.5) is 0 Å². The summed E-state index contributed by atoms with van der Waals surface area (Å²) in [5, 5.41) is 3.00. The molecule has 9 heavy (non-hydrogen) atoms. The predicted octanol–water partition coefficient (Wildman–Crippen LogP) is 0.593. The molecule has 2 heteroatoms. The van der Waals surface area contributed by atoms with Gasteiger partial charge in [0.1, 0.15) is 0 Å². The van der Waals surface area contributed by atoms with Crippen molar-refractivity contribution in [1.29, 1.82) is 0 Å². The number of hydrogen-bond acceptors (Lipinski definition) is 1. The van der Waals surface area contributed by atoms with Crippen molar-refractivity contribution >= 4 is 13.1 Å². The van der Waals surface area contributed by atoms with Crippen molar-refractivity contribution in [2.45, 2.75) is 19.3 Å². The fourth-order valence-corrected chi connectivity index (χ4v) is 0.585. The molecule has 0 aliphatic carbocycles. The van der Waals surface area contributed by atoms with E-state index < -0.39 is 0 Å². The molecule has 0 radical (unpaired) electrons. The minimum atomic E-state index is 1.06. The number of nitrogens with one attached hydrogen (secondary N) is 1. The molecule has 0 heterocycles. The molecule has 0 aromatic heterocycles. The topological polar surface area (TPSA) is 12.0 Å². The molecule has 0 saturated heterocycles. The van der Waals surface area contributed by atoms with Gasteiger partial charge in [0.2, 0.25) is 0 Å². The van der Waals surface area contributed by atoms with Crippen molar-refractivity contribution in [3.8, 4) is 0 Å². The van der Waals surface area contributed by atoms with E-state index in [1.165, 1.54) is 0 Å². The normalized spacial score (nSPS) is 8.44. The van der Waals surface area contributed by atoms with Gasteiger partial charge in [0.25, 0.3) is 0 Å². The fourth-order valence-electron chi connectivity index (χ4n) is 0.585. The summed E-state index contributed by atoms with van der Waals surface area (Å²) in [5.41, 5.74) is 1.11. The van der Waals surface area contributed by atoms with E-state index in [0.717, 1.165) is 24.8 Å². The molecular formula is C7H14BN. The predicted molar refractivity (Wildman–Crippen MR) is 45.3 cm³/mol. The number of unbranched alkanes of at least 4 members (excludes halogenated alkanes) is 1. The molecule has 0 unspecified atom stereocenters. The molecule has 1 N–H and O–H groups in total. The summed E-state index contributed by atoms with van der Waals surface area (Å²) < 4.78 is 0. The third-order valence-electron chi connectivity index (χ3n) is 1.24. The Morgan fingerprint density at radius 3 is 2.89 bits per heavy atom. The van der Waals surface area contributed by atoms with Crippen LogP contribution in [0.1, 0.15) is 19.3 Å². The van der Waals surface area contributed by atoms with E-state index >= 15 is 0 Å². The fraction of sp³-hybridized carbons (Fsp3) is 0.571. The van der Waals surface area contributed by atoms with Gasteiger partial charge >= 0.3 is 57.4 Å². The maximum absolute atomic E-state index is 3.80. The van der Waals surface area contributed by atoms with Gasteiger partial charge in [0, 0.05) is 0 Å². The summed E-state index contributed by atoms with van der Waals surface area (Å²) in [5.74, 6) is 0. The summed E-state index contributed by atoms with van der Waals surface area (Å²) >= 11 is 0. The number of allylic oxidation sites excluding steroid dienone is 1. The second-order valence-corrected chi connectivity index (χ2v) is 2.03. The first-order valence-corrected chi connectivity index (χ1v) is 3.27. The molecular weight excluding hydrogens is 109 g/mol. The Labute approximate surface area is 58.2 Å². The van der Waals surface area contributed by atoms with Crippen molar-refractivity contribution in [2.75, 3.05) is 7.05 Å². The molecule has 1 nitrogen and oxygen atoms in total. The molecule has 50 valence electrons. The third kappa shape index (κ3) is 5.34. The van der Waals surface area contributed by atoms with E-state index in [0.29, 0.717) is 0 Å². The van der Waals surface area contributed by atoms with Gasteiger partial charge in [-0.25, -0.2) is 0 Å². The van der Waals surface area contributed by atoms with Crippen molar-refractivity contribution in [2.24, 2.45) is 0 Å². The summed E-state index contributed by atoms with van der Waals surface area (Å²) in [6, 6.07) is 0. The van der Waals surface area contributed by atoms with E-state index in [1.807, 2.05) is 13.1 Å². The van der Waals surface area contributed by atoms with Crippen molar-refractivity contribution in [1.82, 2.24) is 5.32 Å². The number of rotatable bonds is 5. The van der Waals surface area contributed by atoms with E-state index in [2.05, 4.69) is 19.4 Å². The third-order valence-corrected chi connectivity index (χ3v) is 1.24. The minimum absolute atomic E-state index is 1.06. The molecule has 0 aromatic rings. The first-order valence-electron chi connectivity index (χ1n) is 3.27. The van der Waals surface area contributed by atoms with E-state index in [9.17, 15) is 0 Å². The van der Waals surface area contributed by atoms with Gasteiger partial charge < -0.3 is 0 Å². The zero-order chi connectivity index (χ0) is 7.11. The zero-order valence-corrected chi connectivity index (χ0v) is 6.11. The summed E-state index contributed by atoms with van der Waals surface area (Å²) in [4.78, 5) is 0. The first kappa shape index (κ1) is 8.47. The van der Waals surface area contributed by atoms with E-state index in [4.69, 9.17) is 0 Å². The van der Waals surface area contributed by atoms with Crippen molar-refractivity contribution in [3.05, 3.63) is 12.7 Å². The SMILES string of the molecule is B=C(CCCC=C)NC. The van der Waals surface area contributed by atoms with Crippen LogP contribution in [0, 0.1) is 0 Å². The Bertz CT molecular complexity index is 99.1. The van der Waals surface area contributed by atoms with Gasteiger partial charge in [-0.05, 0) is 0 Å². The maximum atomic E-state index is 3.80. The van der Waals surface area contributed by atoms with Crippen molar-refractivity contribution in [3.63, 3.8) is 0 Å². The summed E-state index contributed by atoms with van der Waals surface area (Å²) in [7, 11) is 5.70. The van der Waals surface area contributed by atoms with Crippen LogP contribution in [0.15, 0.2) is 12.7 Å². The van der Waals surface area contributed by atoms with Gasteiger partial charge in [-0.3, -0.25) is 0 Å². The zero-order valence-electron chi connectivity index (χ0n) is 6.11. The molecule has 0 atom stereocenters. The van der Waals surface area contributed by atoms with Crippen LogP contribution in [0.3, 0.4) is 0 Å². The Kier molecular flexibility index (Phi) is 5.28. The quantitative estimate of drug-likeness (QED) is 0.320. The van der Waals surface area contributed by atoms with Crippen LogP contribution >= 0.6 is 0 Å². The van der Waals surface area contributed by atoms with Crippen LogP contribution in [-0.2, 0) is 0 Å². The molecule has 0 fully saturated rings. The monoisotopic (exact) mass is 123 g/mol. The molecule has 0 rings (SSSR count). The van der Waals surface area contributed by atoms with Gasteiger partial charge in [-0.1, -0.05) is 0 Å². The molecule has 0 bridgehead atoms. The second kappa shape index (κ2) is 5.61. The average Bonchev–Trinajstić information content (AvgIpc) is 1.89. The standard InChI is InChI=1S/C7H14BN/c1-3-4-5-6-7(8)9-2/h3,8-9H,1,4-6H2,2H3. The summed E-state index contributed by atoms with van der Waals surface area (Å²) in [6.45, 7) is 3.63. The van der Waals surface area contributed by atoms with E-state index in [1.54, 1.807) is 0 Å². The molecule has 0 aliphatic heterocycles. The molecule has 0 amide bonds. The first-order chi connectivity index (χ1) is 4.31. The van der Waals surface area contributed by atoms with Crippen molar-refractivity contribution < 1.29 is 0 Å². The Morgan fingerprint density at radius 2 is 2.44 bits per heavy atom. The Balaban J connectivity index is 3.06. The van der Waals surface area contributed by atoms with Gasteiger partial charge in [-0.15, -0.1) is 0 Å². The van der Waals surface area contributed by atoms with Crippen LogP contribution in [-0.4, -0.2) is 20.1 Å². The molecule has 0 saturated carbocycles. The average molecular weight is 123 g/mol. The van der Waals surface area contributed by atoms with Crippen LogP contribution < -0.4 is 5.32 Å². The Morgan fingerprint density at radius 1 is 1.78 bits per heavy atom. The Hall–Kier alpha value is -0.525. The van der Waals surface area contributed by atoms with Gasteiger partial charge in [0.05, 0.1) is 0 Å². The second-order valence-electron chi connectivity index (χ2n) is 2.03. The summed E-state index contributed by atoms with van der Waals surface area (Å²) in [6.07, 6.45) is 5.23. The molecule has 0 aliphatic rings. The van der Waals surface area contributed by atoms with Crippen LogP contribution in [0.2, 0.25) is 0 Å². The van der Waals surface area contributed by atoms with Gasteiger partial charge in [0.15, 0.2) is 0 Å².